The highest BCUT2D eigenvalue weighted by Crippen LogP contribution is 2.36. The Labute approximate surface area is 164 Å². The molecule has 2 heterocycles. The molecule has 0 aliphatic carbocycles. The van der Waals surface area contributed by atoms with Crippen LogP contribution < -0.4 is 5.73 Å². The molecule has 0 saturated heterocycles. The van der Waals surface area contributed by atoms with Crippen LogP contribution in [0.25, 0.3) is 0 Å². The Balaban J connectivity index is 1.89. The molecule has 1 unspecified atom stereocenters. The Bertz CT molecular complexity index is 841. The molecule has 1 aliphatic heterocycles. The summed E-state index contributed by atoms with van der Waals surface area (Å²) in [7, 11) is 0. The van der Waals surface area contributed by atoms with Crippen LogP contribution in [0.3, 0.4) is 0 Å². The summed E-state index contributed by atoms with van der Waals surface area (Å²) < 4.78 is 0. The zero-order valence-corrected chi connectivity index (χ0v) is 16.0. The third-order valence-electron chi connectivity index (χ3n) is 5.01. The van der Waals surface area contributed by atoms with Gasteiger partial charge in [-0.05, 0) is 53.8 Å². The number of benzene rings is 1. The second-order valence-electron chi connectivity index (χ2n) is 7.07. The van der Waals surface area contributed by atoms with Crippen LogP contribution in [0.5, 0.6) is 5.75 Å². The molecule has 148 valence electrons. The minimum atomic E-state index is -0.507. The van der Waals surface area contributed by atoms with Crippen molar-refractivity contribution < 1.29 is 14.7 Å². The van der Waals surface area contributed by atoms with Crippen molar-refractivity contribution in [2.45, 2.75) is 25.8 Å². The van der Waals surface area contributed by atoms with Crippen LogP contribution in [0.1, 0.15) is 36.1 Å². The lowest BCUT2D eigenvalue weighted by Crippen LogP contribution is -2.47. The number of nitrogens with zero attached hydrogens (tertiary/aromatic N) is 3. The van der Waals surface area contributed by atoms with Gasteiger partial charge in [0.15, 0.2) is 0 Å². The summed E-state index contributed by atoms with van der Waals surface area (Å²) in [5.74, 6) is -0.374. The van der Waals surface area contributed by atoms with Gasteiger partial charge in [0.1, 0.15) is 5.75 Å². The molecule has 0 bridgehead atoms. The zero-order chi connectivity index (χ0) is 20.1. The third-order valence-corrected chi connectivity index (χ3v) is 5.01. The summed E-state index contributed by atoms with van der Waals surface area (Å²) in [6.45, 7) is 3.27. The van der Waals surface area contributed by atoms with Gasteiger partial charge in [-0.1, -0.05) is 13.0 Å². The minimum Gasteiger partial charge on any atom is -0.508 e. The summed E-state index contributed by atoms with van der Waals surface area (Å²) in [5, 5.41) is 9.84. The molecule has 1 aromatic carbocycles. The van der Waals surface area contributed by atoms with E-state index in [-0.39, 0.29) is 30.8 Å². The highest BCUT2D eigenvalue weighted by atomic mass is 16.3. The number of fused-ring (bicyclic) bond motifs is 1. The predicted octanol–water partition coefficient (Wildman–Crippen LogP) is 1.46. The topological polar surface area (TPSA) is 99.8 Å². The lowest BCUT2D eigenvalue weighted by molar-refractivity contribution is -0.136. The standard InChI is InChI=1S/C21H26N4O3/c1-2-10-24(13-19(22)27)20(28)14-25-11-7-16-12-17(26)3-4-18(16)21(25)15-5-8-23-9-6-15/h3-6,8-9,12,21,26H,2,7,10-11,13-14H2,1H3,(H2,22,27). The predicted molar refractivity (Wildman–Crippen MR) is 106 cm³/mol. The number of carbonyl (C=O) groups is 2. The van der Waals surface area contributed by atoms with Gasteiger partial charge in [0.05, 0.1) is 19.1 Å². The van der Waals surface area contributed by atoms with Crippen LogP contribution in [-0.2, 0) is 16.0 Å². The molecule has 1 aromatic heterocycles. The molecule has 0 radical (unpaired) electrons. The van der Waals surface area contributed by atoms with E-state index in [4.69, 9.17) is 5.73 Å². The molecule has 0 fully saturated rings. The molecule has 28 heavy (non-hydrogen) atoms. The van der Waals surface area contributed by atoms with E-state index in [1.165, 1.54) is 4.90 Å². The van der Waals surface area contributed by atoms with Crippen LogP contribution in [0.15, 0.2) is 42.7 Å². The fourth-order valence-corrected chi connectivity index (χ4v) is 3.80. The second kappa shape index (κ2) is 8.84. The van der Waals surface area contributed by atoms with E-state index >= 15 is 0 Å². The number of phenols is 1. The van der Waals surface area contributed by atoms with Crippen molar-refractivity contribution in [2.75, 3.05) is 26.2 Å². The average molecular weight is 382 g/mol. The number of aromatic hydroxyl groups is 1. The van der Waals surface area contributed by atoms with Gasteiger partial charge in [-0.2, -0.15) is 0 Å². The van der Waals surface area contributed by atoms with Crippen LogP contribution in [-0.4, -0.2) is 57.9 Å². The molecule has 0 saturated carbocycles. The summed E-state index contributed by atoms with van der Waals surface area (Å²) in [5.41, 5.74) is 8.49. The summed E-state index contributed by atoms with van der Waals surface area (Å²) >= 11 is 0. The number of hydrogen-bond acceptors (Lipinski definition) is 5. The van der Waals surface area contributed by atoms with Crippen molar-refractivity contribution in [3.63, 3.8) is 0 Å². The van der Waals surface area contributed by atoms with Gasteiger partial charge in [0.25, 0.3) is 0 Å². The Kier molecular flexibility index (Phi) is 6.26. The number of rotatable bonds is 7. The summed E-state index contributed by atoms with van der Waals surface area (Å²) in [6, 6.07) is 9.15. The number of carbonyl (C=O) groups excluding carboxylic acids is 2. The monoisotopic (exact) mass is 382 g/mol. The molecule has 3 N–H and O–H groups in total. The van der Waals surface area contributed by atoms with E-state index in [2.05, 4.69) is 9.88 Å². The number of aromatic nitrogens is 1. The van der Waals surface area contributed by atoms with Gasteiger partial charge in [0, 0.05) is 25.5 Å². The lowest BCUT2D eigenvalue weighted by atomic mass is 9.88. The third kappa shape index (κ3) is 4.48. The normalized spacial score (nSPS) is 16.4. The summed E-state index contributed by atoms with van der Waals surface area (Å²) in [6.07, 6.45) is 4.97. The lowest BCUT2D eigenvalue weighted by Gasteiger charge is -2.38. The number of amides is 2. The van der Waals surface area contributed by atoms with Crippen molar-refractivity contribution >= 4 is 11.8 Å². The molecule has 2 aromatic rings. The maximum Gasteiger partial charge on any atom is 0.237 e. The Hall–Kier alpha value is -2.93. The van der Waals surface area contributed by atoms with Gasteiger partial charge >= 0.3 is 0 Å². The van der Waals surface area contributed by atoms with E-state index in [1.54, 1.807) is 24.5 Å². The van der Waals surface area contributed by atoms with Crippen LogP contribution in [0, 0.1) is 0 Å². The van der Waals surface area contributed by atoms with E-state index < -0.39 is 5.91 Å². The highest BCUT2D eigenvalue weighted by Gasteiger charge is 2.31. The summed E-state index contributed by atoms with van der Waals surface area (Å²) in [4.78, 5) is 32.0. The van der Waals surface area contributed by atoms with E-state index in [1.807, 2.05) is 25.1 Å². The molecule has 3 rings (SSSR count). The molecule has 1 atom stereocenters. The first kappa shape index (κ1) is 19.8. The van der Waals surface area contributed by atoms with Crippen molar-refractivity contribution in [3.8, 4) is 5.75 Å². The smallest absolute Gasteiger partial charge is 0.237 e. The number of phenolic OH excluding ortho intramolecular Hbond substituents is 1. The number of pyridine rings is 1. The Morgan fingerprint density at radius 1 is 1.29 bits per heavy atom. The molecule has 7 heteroatoms. The first-order chi connectivity index (χ1) is 13.5. The quantitative estimate of drug-likeness (QED) is 0.755. The van der Waals surface area contributed by atoms with Gasteiger partial charge in [-0.15, -0.1) is 0 Å². The molecule has 7 nitrogen and oxygen atoms in total. The van der Waals surface area contributed by atoms with E-state index in [9.17, 15) is 14.7 Å². The van der Waals surface area contributed by atoms with Crippen molar-refractivity contribution in [2.24, 2.45) is 5.73 Å². The highest BCUT2D eigenvalue weighted by molar-refractivity contribution is 5.85. The Morgan fingerprint density at radius 3 is 2.71 bits per heavy atom. The average Bonchev–Trinajstić information content (AvgIpc) is 2.68. The first-order valence-corrected chi connectivity index (χ1v) is 9.51. The fourth-order valence-electron chi connectivity index (χ4n) is 3.80. The second-order valence-corrected chi connectivity index (χ2v) is 7.07. The number of hydrogen-bond donors (Lipinski definition) is 2. The van der Waals surface area contributed by atoms with Gasteiger partial charge in [-0.3, -0.25) is 19.5 Å². The van der Waals surface area contributed by atoms with Crippen LogP contribution in [0.4, 0.5) is 0 Å². The zero-order valence-electron chi connectivity index (χ0n) is 16.0. The maximum absolute atomic E-state index is 12.9. The number of nitrogens with two attached hydrogens (primary N) is 1. The van der Waals surface area contributed by atoms with Gasteiger partial charge in [0.2, 0.25) is 11.8 Å². The van der Waals surface area contributed by atoms with Gasteiger partial charge in [-0.25, -0.2) is 0 Å². The molecule has 1 aliphatic rings. The van der Waals surface area contributed by atoms with Crippen LogP contribution >= 0.6 is 0 Å². The van der Waals surface area contributed by atoms with Crippen LogP contribution in [0.2, 0.25) is 0 Å². The number of primary amides is 1. The SMILES string of the molecule is CCCN(CC(N)=O)C(=O)CN1CCc2cc(O)ccc2C1c1ccncc1. The van der Waals surface area contributed by atoms with Crippen molar-refractivity contribution in [1.29, 1.82) is 0 Å². The Morgan fingerprint density at radius 2 is 2.04 bits per heavy atom. The van der Waals surface area contributed by atoms with Gasteiger partial charge < -0.3 is 15.7 Å². The molecular weight excluding hydrogens is 356 g/mol. The van der Waals surface area contributed by atoms with E-state index in [0.29, 0.717) is 13.1 Å². The maximum atomic E-state index is 12.9. The van der Waals surface area contributed by atoms with E-state index in [0.717, 1.165) is 29.5 Å². The van der Waals surface area contributed by atoms with Crippen molar-refractivity contribution in [3.05, 3.63) is 59.4 Å². The first-order valence-electron chi connectivity index (χ1n) is 9.51. The molecule has 2 amide bonds. The molecular formula is C21H26N4O3. The minimum absolute atomic E-state index is 0.0646. The molecule has 0 spiro atoms. The fraction of sp³-hybridized carbons (Fsp3) is 0.381. The largest absolute Gasteiger partial charge is 0.508 e. The van der Waals surface area contributed by atoms with Crippen molar-refractivity contribution in [1.82, 2.24) is 14.8 Å².